The highest BCUT2D eigenvalue weighted by Crippen LogP contribution is 2.10. The molecule has 1 aromatic rings. The van der Waals surface area contributed by atoms with E-state index in [1.54, 1.807) is 18.4 Å². The second kappa shape index (κ2) is 12.0. The Labute approximate surface area is 153 Å². The van der Waals surface area contributed by atoms with Gasteiger partial charge in [0.15, 0.2) is 5.96 Å². The minimum absolute atomic E-state index is 0. The second-order valence-corrected chi connectivity index (χ2v) is 5.65. The van der Waals surface area contributed by atoms with Crippen LogP contribution in [0.1, 0.15) is 25.0 Å². The van der Waals surface area contributed by atoms with Crippen molar-refractivity contribution in [1.82, 2.24) is 15.6 Å². The molecule has 0 amide bonds. The molecular formula is C14H25IN4O2S. The van der Waals surface area contributed by atoms with Gasteiger partial charge in [0.25, 0.3) is 0 Å². The molecule has 1 fully saturated rings. The zero-order valence-electron chi connectivity index (χ0n) is 12.9. The van der Waals surface area contributed by atoms with E-state index >= 15 is 0 Å². The SMILES string of the molecule is COCCCNC(=NCc1cscn1)NCC1CCCO1.I. The molecule has 22 heavy (non-hydrogen) atoms. The maximum absolute atomic E-state index is 5.62. The first-order valence-electron chi connectivity index (χ1n) is 7.38. The van der Waals surface area contributed by atoms with Crippen molar-refractivity contribution in [1.29, 1.82) is 0 Å². The maximum Gasteiger partial charge on any atom is 0.191 e. The van der Waals surface area contributed by atoms with Crippen LogP contribution in [0, 0.1) is 0 Å². The lowest BCUT2D eigenvalue weighted by atomic mass is 10.2. The van der Waals surface area contributed by atoms with Crippen LogP contribution in [0.25, 0.3) is 0 Å². The number of halogens is 1. The Hall–Kier alpha value is -0.450. The van der Waals surface area contributed by atoms with Crippen molar-refractivity contribution in [3.8, 4) is 0 Å². The summed E-state index contributed by atoms with van der Waals surface area (Å²) in [6.45, 7) is 3.85. The van der Waals surface area contributed by atoms with Crippen LogP contribution in [0.15, 0.2) is 15.9 Å². The van der Waals surface area contributed by atoms with Gasteiger partial charge >= 0.3 is 0 Å². The first kappa shape index (κ1) is 19.6. The fraction of sp³-hybridized carbons (Fsp3) is 0.714. The molecule has 0 bridgehead atoms. The molecule has 6 nitrogen and oxygen atoms in total. The van der Waals surface area contributed by atoms with Crippen LogP contribution in [0.3, 0.4) is 0 Å². The van der Waals surface area contributed by atoms with Gasteiger partial charge < -0.3 is 20.1 Å². The highest BCUT2D eigenvalue weighted by molar-refractivity contribution is 14.0. The molecule has 1 saturated heterocycles. The summed E-state index contributed by atoms with van der Waals surface area (Å²) in [6.07, 6.45) is 3.53. The van der Waals surface area contributed by atoms with Crippen molar-refractivity contribution in [2.24, 2.45) is 4.99 Å². The first-order chi connectivity index (χ1) is 10.4. The Morgan fingerprint density at radius 1 is 1.55 bits per heavy atom. The van der Waals surface area contributed by atoms with Crippen LogP contribution in [-0.2, 0) is 16.0 Å². The van der Waals surface area contributed by atoms with E-state index in [2.05, 4.69) is 20.6 Å². The number of methoxy groups -OCH3 is 1. The van der Waals surface area contributed by atoms with Crippen molar-refractivity contribution in [2.75, 3.05) is 33.4 Å². The minimum atomic E-state index is 0. The zero-order chi connectivity index (χ0) is 14.8. The van der Waals surface area contributed by atoms with Gasteiger partial charge in [-0.25, -0.2) is 9.98 Å². The topological polar surface area (TPSA) is 67.8 Å². The molecule has 0 saturated carbocycles. The van der Waals surface area contributed by atoms with Gasteiger partial charge in [0, 0.05) is 38.8 Å². The standard InChI is InChI=1S/C14H24N4O2S.HI/c1-19-6-3-5-15-14(16-8-12-10-21-11-18-12)17-9-13-4-2-7-20-13;/h10-11,13H,2-9H2,1H3,(H2,15,16,17);1H. The van der Waals surface area contributed by atoms with Gasteiger partial charge in [-0.05, 0) is 19.3 Å². The number of guanidine groups is 1. The lowest BCUT2D eigenvalue weighted by molar-refractivity contribution is 0.113. The van der Waals surface area contributed by atoms with Crippen molar-refractivity contribution < 1.29 is 9.47 Å². The molecule has 8 heteroatoms. The molecule has 0 spiro atoms. The average molecular weight is 440 g/mol. The fourth-order valence-electron chi connectivity index (χ4n) is 2.09. The van der Waals surface area contributed by atoms with Gasteiger partial charge in [0.05, 0.1) is 23.9 Å². The number of ether oxygens (including phenoxy) is 2. The highest BCUT2D eigenvalue weighted by Gasteiger charge is 2.15. The van der Waals surface area contributed by atoms with E-state index in [-0.39, 0.29) is 24.0 Å². The van der Waals surface area contributed by atoms with Crippen molar-refractivity contribution in [2.45, 2.75) is 31.9 Å². The number of nitrogens with one attached hydrogen (secondary N) is 2. The van der Waals surface area contributed by atoms with E-state index in [0.29, 0.717) is 12.6 Å². The summed E-state index contributed by atoms with van der Waals surface area (Å²) in [5, 5.41) is 8.69. The lowest BCUT2D eigenvalue weighted by Crippen LogP contribution is -2.41. The van der Waals surface area contributed by atoms with Crippen LogP contribution >= 0.6 is 35.3 Å². The number of thiazole rings is 1. The largest absolute Gasteiger partial charge is 0.385 e. The summed E-state index contributed by atoms with van der Waals surface area (Å²) in [7, 11) is 1.72. The predicted octanol–water partition coefficient (Wildman–Crippen LogP) is 2.01. The molecular weight excluding hydrogens is 415 g/mol. The van der Waals surface area contributed by atoms with Crippen LogP contribution in [0.2, 0.25) is 0 Å². The van der Waals surface area contributed by atoms with Crippen LogP contribution < -0.4 is 10.6 Å². The molecule has 1 aliphatic heterocycles. The summed E-state index contributed by atoms with van der Waals surface area (Å²) in [4.78, 5) is 8.81. The van der Waals surface area contributed by atoms with Crippen molar-refractivity contribution in [3.05, 3.63) is 16.6 Å². The summed E-state index contributed by atoms with van der Waals surface area (Å²) >= 11 is 1.59. The Balaban J connectivity index is 0.00000242. The average Bonchev–Trinajstić information content (AvgIpc) is 3.18. The van der Waals surface area contributed by atoms with Gasteiger partial charge in [-0.2, -0.15) is 0 Å². The predicted molar refractivity (Wildman–Crippen MR) is 100 cm³/mol. The van der Waals surface area contributed by atoms with Crippen molar-refractivity contribution >= 4 is 41.3 Å². The molecule has 1 aliphatic rings. The zero-order valence-corrected chi connectivity index (χ0v) is 16.1. The van der Waals surface area contributed by atoms with E-state index < -0.39 is 0 Å². The first-order valence-corrected chi connectivity index (χ1v) is 8.32. The number of aliphatic imine (C=N–C) groups is 1. The third kappa shape index (κ3) is 7.70. The van der Waals surface area contributed by atoms with E-state index in [0.717, 1.165) is 57.2 Å². The molecule has 2 N–H and O–H groups in total. The smallest absolute Gasteiger partial charge is 0.191 e. The molecule has 126 valence electrons. The second-order valence-electron chi connectivity index (χ2n) is 4.93. The number of aromatic nitrogens is 1. The maximum atomic E-state index is 5.62. The molecule has 2 heterocycles. The Bertz CT molecular complexity index is 411. The summed E-state index contributed by atoms with van der Waals surface area (Å²) < 4.78 is 10.7. The Morgan fingerprint density at radius 3 is 3.14 bits per heavy atom. The highest BCUT2D eigenvalue weighted by atomic mass is 127. The van der Waals surface area contributed by atoms with Crippen LogP contribution in [-0.4, -0.2) is 50.5 Å². The monoisotopic (exact) mass is 440 g/mol. The number of rotatable bonds is 8. The van der Waals surface area contributed by atoms with Crippen molar-refractivity contribution in [3.63, 3.8) is 0 Å². The molecule has 1 atom stereocenters. The molecule has 0 radical (unpaired) electrons. The van der Waals surface area contributed by atoms with E-state index in [1.165, 1.54) is 0 Å². The number of hydrogen-bond donors (Lipinski definition) is 2. The molecule has 2 rings (SSSR count). The molecule has 0 aliphatic carbocycles. The van der Waals surface area contributed by atoms with Gasteiger partial charge in [0.1, 0.15) is 0 Å². The third-order valence-electron chi connectivity index (χ3n) is 3.22. The van der Waals surface area contributed by atoms with E-state index in [9.17, 15) is 0 Å². The summed E-state index contributed by atoms with van der Waals surface area (Å²) in [5.74, 6) is 0.814. The minimum Gasteiger partial charge on any atom is -0.385 e. The summed E-state index contributed by atoms with van der Waals surface area (Å²) in [5.41, 5.74) is 2.83. The normalized spacial score (nSPS) is 18.0. The van der Waals surface area contributed by atoms with Gasteiger partial charge in [-0.1, -0.05) is 0 Å². The van der Waals surface area contributed by atoms with Gasteiger partial charge in [-0.15, -0.1) is 35.3 Å². The van der Waals surface area contributed by atoms with E-state index in [4.69, 9.17) is 9.47 Å². The summed E-state index contributed by atoms with van der Waals surface area (Å²) in [6, 6.07) is 0. The Morgan fingerprint density at radius 2 is 2.45 bits per heavy atom. The quantitative estimate of drug-likeness (QED) is 0.280. The van der Waals surface area contributed by atoms with E-state index in [1.807, 2.05) is 10.9 Å². The number of nitrogens with zero attached hydrogens (tertiary/aromatic N) is 2. The molecule has 1 unspecified atom stereocenters. The molecule has 1 aromatic heterocycles. The molecule has 0 aromatic carbocycles. The van der Waals surface area contributed by atoms with Crippen LogP contribution in [0.5, 0.6) is 0 Å². The fourth-order valence-corrected chi connectivity index (χ4v) is 2.64. The lowest BCUT2D eigenvalue weighted by Gasteiger charge is -2.15. The van der Waals surface area contributed by atoms with Crippen LogP contribution in [0.4, 0.5) is 0 Å². The third-order valence-corrected chi connectivity index (χ3v) is 3.86. The van der Waals surface area contributed by atoms with Gasteiger partial charge in [0.2, 0.25) is 0 Å². The number of hydrogen-bond acceptors (Lipinski definition) is 5. The van der Waals surface area contributed by atoms with Gasteiger partial charge in [-0.3, -0.25) is 0 Å². The Kier molecular flexibility index (Phi) is 10.7.